The van der Waals surface area contributed by atoms with Gasteiger partial charge in [0.05, 0.1) is 24.1 Å². The lowest BCUT2D eigenvalue weighted by Crippen LogP contribution is -2.58. The lowest BCUT2D eigenvalue weighted by atomic mass is 9.53. The number of hydrogen-bond acceptors (Lipinski definition) is 6. The normalized spacial score (nSPS) is 34.3. The molecule has 0 radical (unpaired) electrons. The van der Waals surface area contributed by atoms with E-state index in [1.165, 1.54) is 0 Å². The molecule has 2 aliphatic rings. The molecular weight excluding hydrogens is 328 g/mol. The molecule has 6 nitrogen and oxygen atoms in total. The number of nitriles is 3. The van der Waals surface area contributed by atoms with Gasteiger partial charge in [0.2, 0.25) is 17.1 Å². The van der Waals surface area contributed by atoms with Crippen molar-refractivity contribution in [2.24, 2.45) is 16.7 Å². The molecule has 0 aliphatic carbocycles. The predicted octanol–water partition coefficient (Wildman–Crippen LogP) is 3.67. The van der Waals surface area contributed by atoms with Crippen molar-refractivity contribution in [2.45, 2.75) is 46.0 Å². The van der Waals surface area contributed by atoms with Crippen LogP contribution in [0.5, 0.6) is 0 Å². The minimum Gasteiger partial charge on any atom is -0.447 e. The maximum atomic E-state index is 10.1. The Hall–Kier alpha value is -2.88. The van der Waals surface area contributed by atoms with Gasteiger partial charge in [-0.3, -0.25) is 5.41 Å². The summed E-state index contributed by atoms with van der Waals surface area (Å²) in [4.78, 5) is 0. The average molecular weight is 348 g/mol. The molecule has 2 bridgehead atoms. The topological polar surface area (TPSA) is 114 Å². The highest BCUT2D eigenvalue weighted by Gasteiger charge is 2.78. The fourth-order valence-electron chi connectivity index (χ4n) is 4.44. The molecule has 4 atom stereocenters. The van der Waals surface area contributed by atoms with Crippen LogP contribution in [-0.4, -0.2) is 11.7 Å². The van der Waals surface area contributed by atoms with Crippen molar-refractivity contribution >= 4 is 5.90 Å². The Bertz CT molecular complexity index is 905. The number of fused-ring (bicyclic) bond motifs is 2. The fourth-order valence-corrected chi connectivity index (χ4v) is 4.44. The van der Waals surface area contributed by atoms with Crippen molar-refractivity contribution < 1.29 is 9.47 Å². The van der Waals surface area contributed by atoms with Crippen LogP contribution in [0.2, 0.25) is 0 Å². The average Bonchev–Trinajstić information content (AvgIpc) is 2.78. The first-order valence-corrected chi connectivity index (χ1v) is 8.55. The molecule has 2 heterocycles. The van der Waals surface area contributed by atoms with E-state index in [2.05, 4.69) is 6.07 Å². The molecule has 1 N–H and O–H groups in total. The third kappa shape index (κ3) is 1.79. The van der Waals surface area contributed by atoms with Gasteiger partial charge in [-0.1, -0.05) is 37.6 Å². The van der Waals surface area contributed by atoms with E-state index >= 15 is 0 Å². The van der Waals surface area contributed by atoms with Crippen LogP contribution in [0, 0.1) is 70.0 Å². The van der Waals surface area contributed by atoms with E-state index < -0.39 is 28.6 Å². The number of aryl methyl sites for hydroxylation is 2. The van der Waals surface area contributed by atoms with Gasteiger partial charge in [0.25, 0.3) is 0 Å². The van der Waals surface area contributed by atoms with Gasteiger partial charge in [-0.25, -0.2) is 0 Å². The van der Waals surface area contributed by atoms with Crippen LogP contribution in [0.4, 0.5) is 0 Å². The van der Waals surface area contributed by atoms with Crippen LogP contribution < -0.4 is 0 Å². The Morgan fingerprint density at radius 2 is 1.81 bits per heavy atom. The quantitative estimate of drug-likeness (QED) is 0.876. The van der Waals surface area contributed by atoms with E-state index in [9.17, 15) is 15.8 Å². The maximum Gasteiger partial charge on any atom is 0.217 e. The summed E-state index contributed by atoms with van der Waals surface area (Å²) in [5, 5.41) is 38.6. The second-order valence-electron chi connectivity index (χ2n) is 7.13. The molecule has 2 aliphatic heterocycles. The van der Waals surface area contributed by atoms with E-state index in [0.29, 0.717) is 12.0 Å². The van der Waals surface area contributed by atoms with Gasteiger partial charge in [0, 0.05) is 6.42 Å². The molecule has 2 saturated heterocycles. The molecule has 1 aromatic carbocycles. The molecule has 1 aromatic rings. The summed E-state index contributed by atoms with van der Waals surface area (Å²) < 4.78 is 12.0. The largest absolute Gasteiger partial charge is 0.447 e. The van der Waals surface area contributed by atoms with Crippen LogP contribution >= 0.6 is 0 Å². The van der Waals surface area contributed by atoms with Crippen molar-refractivity contribution in [3.8, 4) is 18.2 Å². The van der Waals surface area contributed by atoms with Crippen LogP contribution in [0.1, 0.15) is 43.1 Å². The van der Waals surface area contributed by atoms with E-state index in [1.807, 2.05) is 51.1 Å². The smallest absolute Gasteiger partial charge is 0.217 e. The first kappa shape index (κ1) is 17.9. The Morgan fingerprint density at radius 1 is 1.15 bits per heavy atom. The number of hydrogen-bond donors (Lipinski definition) is 1. The maximum absolute atomic E-state index is 10.1. The molecule has 0 spiro atoms. The summed E-state index contributed by atoms with van der Waals surface area (Å²) >= 11 is 0. The second-order valence-corrected chi connectivity index (χ2v) is 7.13. The molecule has 2 fully saturated rings. The van der Waals surface area contributed by atoms with Crippen LogP contribution in [0.3, 0.4) is 0 Å². The Morgan fingerprint density at radius 3 is 2.31 bits per heavy atom. The zero-order chi connectivity index (χ0) is 19.3. The third-order valence-corrected chi connectivity index (χ3v) is 6.00. The molecule has 0 saturated carbocycles. The van der Waals surface area contributed by atoms with E-state index in [4.69, 9.17) is 14.9 Å². The third-order valence-electron chi connectivity index (χ3n) is 6.00. The first-order valence-electron chi connectivity index (χ1n) is 8.55. The Balaban J connectivity index is 2.36. The molecule has 4 unspecified atom stereocenters. The Kier molecular flexibility index (Phi) is 3.83. The van der Waals surface area contributed by atoms with Crippen molar-refractivity contribution in [1.82, 2.24) is 0 Å². The minimum atomic E-state index is -1.88. The lowest BCUT2D eigenvalue weighted by Gasteiger charge is -2.48. The highest BCUT2D eigenvalue weighted by atomic mass is 16.7. The summed E-state index contributed by atoms with van der Waals surface area (Å²) in [7, 11) is 0. The monoisotopic (exact) mass is 348 g/mol. The highest BCUT2D eigenvalue weighted by Crippen LogP contribution is 2.67. The van der Waals surface area contributed by atoms with Crippen molar-refractivity contribution in [2.75, 3.05) is 0 Å². The second kappa shape index (κ2) is 5.56. The van der Waals surface area contributed by atoms with Gasteiger partial charge in [0.15, 0.2) is 5.41 Å². The van der Waals surface area contributed by atoms with Crippen molar-refractivity contribution in [3.05, 3.63) is 34.9 Å². The summed E-state index contributed by atoms with van der Waals surface area (Å²) in [6, 6.07) is 11.9. The van der Waals surface area contributed by atoms with Crippen LogP contribution in [0.25, 0.3) is 0 Å². The zero-order valence-electron chi connectivity index (χ0n) is 15.3. The molecule has 26 heavy (non-hydrogen) atoms. The fraction of sp³-hybridized carbons (Fsp3) is 0.500. The summed E-state index contributed by atoms with van der Waals surface area (Å²) in [6.07, 6.45) is -0.592. The summed E-state index contributed by atoms with van der Waals surface area (Å²) in [6.45, 7) is 7.40. The van der Waals surface area contributed by atoms with E-state index in [0.717, 1.165) is 11.1 Å². The van der Waals surface area contributed by atoms with Crippen molar-refractivity contribution in [3.63, 3.8) is 0 Å². The van der Waals surface area contributed by atoms with Crippen molar-refractivity contribution in [1.29, 1.82) is 21.2 Å². The van der Waals surface area contributed by atoms with Gasteiger partial charge >= 0.3 is 0 Å². The van der Waals surface area contributed by atoms with Crippen LogP contribution in [-0.2, 0) is 9.47 Å². The number of nitrogens with one attached hydrogen (secondary N) is 1. The molecular formula is C20H20N4O2. The standard InChI is InChI=1S/C20H20N4O2/c1-5-20-14(4)19(11-23,17(24)26-20)18(9-21,10-22)16(25-20)15-7-6-12(2)8-13(15)3/h6-8,14,16,24H,5H2,1-4H3. The molecule has 0 aromatic heterocycles. The molecule has 3 rings (SSSR count). The minimum absolute atomic E-state index is 0.357. The summed E-state index contributed by atoms with van der Waals surface area (Å²) in [5.74, 6) is -2.19. The van der Waals surface area contributed by atoms with Gasteiger partial charge < -0.3 is 9.47 Å². The van der Waals surface area contributed by atoms with Gasteiger partial charge in [0.1, 0.15) is 6.10 Å². The van der Waals surface area contributed by atoms with E-state index in [-0.39, 0.29) is 5.90 Å². The van der Waals surface area contributed by atoms with Gasteiger partial charge in [-0.05, 0) is 25.0 Å². The van der Waals surface area contributed by atoms with E-state index in [1.54, 1.807) is 6.92 Å². The highest BCUT2D eigenvalue weighted by molar-refractivity contribution is 5.89. The lowest BCUT2D eigenvalue weighted by molar-refractivity contribution is -0.280. The zero-order valence-corrected chi connectivity index (χ0v) is 15.3. The van der Waals surface area contributed by atoms with Crippen LogP contribution in [0.15, 0.2) is 18.2 Å². The predicted molar refractivity (Wildman–Crippen MR) is 92.4 cm³/mol. The molecule has 6 heteroatoms. The number of rotatable bonds is 2. The number of nitrogens with zero attached hydrogens (tertiary/aromatic N) is 3. The van der Waals surface area contributed by atoms with Gasteiger partial charge in [-0.2, -0.15) is 15.8 Å². The first-order chi connectivity index (χ1) is 12.3. The SMILES string of the molecule is CCC12OC(=N)C(C#N)(C1C)C(C#N)(C#N)C(c1ccc(C)cc1C)O2. The summed E-state index contributed by atoms with van der Waals surface area (Å²) in [5.41, 5.74) is -0.992. The number of benzene rings is 1. The number of ether oxygens (including phenoxy) is 2. The molecule has 0 amide bonds. The molecule has 132 valence electrons. The van der Waals surface area contributed by atoms with Gasteiger partial charge in [-0.15, -0.1) is 0 Å². The Labute approximate surface area is 153 Å².